The zero-order chi connectivity index (χ0) is 13.7. The number of aromatic nitrogens is 2. The molecular weight excluding hydrogens is 246 g/mol. The number of aryl methyl sites for hydroxylation is 1. The third-order valence-electron chi connectivity index (χ3n) is 2.52. The van der Waals surface area contributed by atoms with Crippen LogP contribution in [0.4, 0.5) is 0 Å². The zero-order valence-corrected chi connectivity index (χ0v) is 10.8. The zero-order valence-electron chi connectivity index (χ0n) is 10.8. The van der Waals surface area contributed by atoms with Gasteiger partial charge in [0, 0.05) is 19.0 Å². The van der Waals surface area contributed by atoms with Crippen molar-refractivity contribution in [3.63, 3.8) is 0 Å². The monoisotopic (exact) mass is 261 g/mol. The van der Waals surface area contributed by atoms with Crippen LogP contribution in [-0.4, -0.2) is 29.8 Å². The average molecular weight is 261 g/mol. The van der Waals surface area contributed by atoms with Crippen LogP contribution in [0.3, 0.4) is 0 Å². The fraction of sp³-hybridized carbons (Fsp3) is 0.308. The molecule has 2 rings (SSSR count). The van der Waals surface area contributed by atoms with Crippen LogP contribution in [0.1, 0.15) is 12.8 Å². The summed E-state index contributed by atoms with van der Waals surface area (Å²) < 4.78 is 10.7. The van der Waals surface area contributed by atoms with Gasteiger partial charge in [0.05, 0.1) is 0 Å². The minimum absolute atomic E-state index is 0.00358. The van der Waals surface area contributed by atoms with Crippen molar-refractivity contribution in [3.05, 3.63) is 30.2 Å². The maximum Gasteiger partial charge on any atom is 0.257 e. The SMILES string of the molecule is CCc1nnc(-c2ccc(OCC(=O)NC)cc2)o1. The summed E-state index contributed by atoms with van der Waals surface area (Å²) >= 11 is 0. The van der Waals surface area contributed by atoms with E-state index >= 15 is 0 Å². The van der Waals surface area contributed by atoms with Crippen molar-refractivity contribution in [2.75, 3.05) is 13.7 Å². The Morgan fingerprint density at radius 3 is 2.63 bits per heavy atom. The molecule has 0 bridgehead atoms. The van der Waals surface area contributed by atoms with Gasteiger partial charge in [-0.1, -0.05) is 6.92 Å². The number of ether oxygens (including phenoxy) is 1. The highest BCUT2D eigenvalue weighted by atomic mass is 16.5. The molecule has 0 atom stereocenters. The lowest BCUT2D eigenvalue weighted by Gasteiger charge is -2.05. The first-order valence-corrected chi connectivity index (χ1v) is 5.99. The summed E-state index contributed by atoms with van der Waals surface area (Å²) in [6, 6.07) is 7.14. The highest BCUT2D eigenvalue weighted by molar-refractivity contribution is 5.77. The van der Waals surface area contributed by atoms with Crippen LogP contribution in [0.15, 0.2) is 28.7 Å². The summed E-state index contributed by atoms with van der Waals surface area (Å²) in [6.45, 7) is 1.95. The molecule has 6 nitrogen and oxygen atoms in total. The van der Waals surface area contributed by atoms with E-state index in [9.17, 15) is 4.79 Å². The van der Waals surface area contributed by atoms with Gasteiger partial charge in [-0.05, 0) is 24.3 Å². The molecule has 1 aromatic heterocycles. The molecule has 1 amide bonds. The maximum atomic E-state index is 11.0. The Morgan fingerprint density at radius 1 is 1.32 bits per heavy atom. The van der Waals surface area contributed by atoms with Gasteiger partial charge < -0.3 is 14.5 Å². The standard InChI is InChI=1S/C13H15N3O3/c1-3-12-15-16-13(19-12)9-4-6-10(7-5-9)18-8-11(17)14-2/h4-7H,3,8H2,1-2H3,(H,14,17). The fourth-order valence-corrected chi connectivity index (χ4v) is 1.43. The van der Waals surface area contributed by atoms with E-state index in [4.69, 9.17) is 9.15 Å². The molecule has 0 fully saturated rings. The van der Waals surface area contributed by atoms with Crippen molar-refractivity contribution in [1.82, 2.24) is 15.5 Å². The molecule has 1 N–H and O–H groups in total. The normalized spacial score (nSPS) is 10.2. The molecule has 0 unspecified atom stereocenters. The lowest BCUT2D eigenvalue weighted by Crippen LogP contribution is -2.24. The molecule has 1 aromatic carbocycles. The van der Waals surface area contributed by atoms with Gasteiger partial charge in [-0.2, -0.15) is 0 Å². The number of nitrogens with one attached hydrogen (secondary N) is 1. The van der Waals surface area contributed by atoms with Crippen molar-refractivity contribution in [2.45, 2.75) is 13.3 Å². The molecule has 0 radical (unpaired) electrons. The Balaban J connectivity index is 2.03. The summed E-state index contributed by atoms with van der Waals surface area (Å²) in [5.74, 6) is 1.53. The Labute approximate surface area is 110 Å². The van der Waals surface area contributed by atoms with Crippen LogP contribution >= 0.6 is 0 Å². The first kappa shape index (κ1) is 13.1. The molecule has 0 aliphatic carbocycles. The third-order valence-corrected chi connectivity index (χ3v) is 2.52. The third kappa shape index (κ3) is 3.31. The second-order valence-electron chi connectivity index (χ2n) is 3.84. The quantitative estimate of drug-likeness (QED) is 0.880. The Morgan fingerprint density at radius 2 is 2.05 bits per heavy atom. The van der Waals surface area contributed by atoms with E-state index in [0.29, 0.717) is 24.0 Å². The van der Waals surface area contributed by atoms with Gasteiger partial charge in [0.15, 0.2) is 6.61 Å². The van der Waals surface area contributed by atoms with Gasteiger partial charge in [-0.15, -0.1) is 10.2 Å². The lowest BCUT2D eigenvalue weighted by atomic mass is 10.2. The van der Waals surface area contributed by atoms with Crippen LogP contribution < -0.4 is 10.1 Å². The fourth-order valence-electron chi connectivity index (χ4n) is 1.43. The van der Waals surface area contributed by atoms with Crippen LogP contribution in [0, 0.1) is 0 Å². The number of amides is 1. The van der Waals surface area contributed by atoms with Crippen molar-refractivity contribution in [2.24, 2.45) is 0 Å². The molecule has 6 heteroatoms. The molecule has 0 spiro atoms. The van der Waals surface area contributed by atoms with Crippen LogP contribution in [-0.2, 0) is 11.2 Å². The van der Waals surface area contributed by atoms with E-state index in [0.717, 1.165) is 5.56 Å². The molecule has 2 aromatic rings. The van der Waals surface area contributed by atoms with Crippen LogP contribution in [0.5, 0.6) is 5.75 Å². The second-order valence-corrected chi connectivity index (χ2v) is 3.84. The average Bonchev–Trinajstić information content (AvgIpc) is 2.94. The van der Waals surface area contributed by atoms with Crippen LogP contribution in [0.2, 0.25) is 0 Å². The largest absolute Gasteiger partial charge is 0.484 e. The van der Waals surface area contributed by atoms with Gasteiger partial charge in [0.25, 0.3) is 5.91 Å². The van der Waals surface area contributed by atoms with E-state index in [1.54, 1.807) is 19.2 Å². The number of hydrogen-bond donors (Lipinski definition) is 1. The second kappa shape index (κ2) is 5.99. The molecule has 0 aliphatic rings. The van der Waals surface area contributed by atoms with Gasteiger partial charge in [-0.25, -0.2) is 0 Å². The Hall–Kier alpha value is -2.37. The molecule has 0 aliphatic heterocycles. The maximum absolute atomic E-state index is 11.0. The molecule has 1 heterocycles. The summed E-state index contributed by atoms with van der Waals surface area (Å²) in [5.41, 5.74) is 0.819. The van der Waals surface area contributed by atoms with Gasteiger partial charge in [-0.3, -0.25) is 4.79 Å². The van der Waals surface area contributed by atoms with Crippen molar-refractivity contribution in [3.8, 4) is 17.2 Å². The van der Waals surface area contributed by atoms with Crippen molar-refractivity contribution < 1.29 is 13.9 Å². The number of carbonyl (C=O) groups excluding carboxylic acids is 1. The van der Waals surface area contributed by atoms with Crippen molar-refractivity contribution in [1.29, 1.82) is 0 Å². The molecule has 100 valence electrons. The summed E-state index contributed by atoms with van der Waals surface area (Å²) in [6.07, 6.45) is 0.709. The minimum Gasteiger partial charge on any atom is -0.484 e. The summed E-state index contributed by atoms with van der Waals surface area (Å²) in [7, 11) is 1.57. The number of rotatable bonds is 5. The van der Waals surface area contributed by atoms with E-state index < -0.39 is 0 Å². The number of likely N-dealkylation sites (N-methyl/N-ethyl adjacent to an activating group) is 1. The van der Waals surface area contributed by atoms with E-state index in [1.165, 1.54) is 0 Å². The minimum atomic E-state index is -0.173. The predicted molar refractivity (Wildman–Crippen MR) is 68.7 cm³/mol. The topological polar surface area (TPSA) is 77.2 Å². The lowest BCUT2D eigenvalue weighted by molar-refractivity contribution is -0.122. The van der Waals surface area contributed by atoms with E-state index in [2.05, 4.69) is 15.5 Å². The molecule has 0 saturated carbocycles. The molecular formula is C13H15N3O3. The van der Waals surface area contributed by atoms with Crippen molar-refractivity contribution >= 4 is 5.91 Å². The molecule has 19 heavy (non-hydrogen) atoms. The number of nitrogens with zero attached hydrogens (tertiary/aromatic N) is 2. The predicted octanol–water partition coefficient (Wildman–Crippen LogP) is 1.42. The van der Waals surface area contributed by atoms with Gasteiger partial charge in [0.2, 0.25) is 11.8 Å². The summed E-state index contributed by atoms with van der Waals surface area (Å²) in [5, 5.41) is 10.3. The summed E-state index contributed by atoms with van der Waals surface area (Å²) in [4.78, 5) is 11.0. The number of carbonyl (C=O) groups is 1. The van der Waals surface area contributed by atoms with E-state index in [1.807, 2.05) is 19.1 Å². The van der Waals surface area contributed by atoms with Gasteiger partial charge >= 0.3 is 0 Å². The van der Waals surface area contributed by atoms with Crippen LogP contribution in [0.25, 0.3) is 11.5 Å². The smallest absolute Gasteiger partial charge is 0.257 e. The highest BCUT2D eigenvalue weighted by Gasteiger charge is 2.07. The Kier molecular flexibility index (Phi) is 4.12. The Bertz CT molecular complexity index is 549. The first-order valence-electron chi connectivity index (χ1n) is 5.99. The number of hydrogen-bond acceptors (Lipinski definition) is 5. The van der Waals surface area contributed by atoms with E-state index in [-0.39, 0.29) is 12.5 Å². The molecule has 0 saturated heterocycles. The number of benzene rings is 1. The first-order chi connectivity index (χ1) is 9.22. The highest BCUT2D eigenvalue weighted by Crippen LogP contribution is 2.21. The van der Waals surface area contributed by atoms with Gasteiger partial charge in [0.1, 0.15) is 5.75 Å².